The third kappa shape index (κ3) is 3.24. The van der Waals surface area contributed by atoms with Crippen LogP contribution in [-0.2, 0) is 6.54 Å². The highest BCUT2D eigenvalue weighted by molar-refractivity contribution is 5.82. The van der Waals surface area contributed by atoms with Crippen molar-refractivity contribution in [3.63, 3.8) is 0 Å². The Hall–Kier alpha value is -2.46. The second-order valence-electron chi connectivity index (χ2n) is 6.33. The average Bonchev–Trinajstić information content (AvgIpc) is 3.09. The number of anilines is 1. The lowest BCUT2D eigenvalue weighted by molar-refractivity contribution is 0.551. The summed E-state index contributed by atoms with van der Waals surface area (Å²) >= 11 is 0. The zero-order valence-corrected chi connectivity index (χ0v) is 13.5. The van der Waals surface area contributed by atoms with Crippen molar-refractivity contribution >= 4 is 16.5 Å². The fourth-order valence-corrected chi connectivity index (χ4v) is 3.33. The van der Waals surface area contributed by atoms with Crippen molar-refractivity contribution < 1.29 is 4.39 Å². The summed E-state index contributed by atoms with van der Waals surface area (Å²) in [4.78, 5) is 6.00. The van der Waals surface area contributed by atoms with E-state index in [1.165, 1.54) is 22.4 Å². The van der Waals surface area contributed by atoms with Gasteiger partial charge >= 0.3 is 0 Å². The maximum atomic E-state index is 12.9. The first-order valence-corrected chi connectivity index (χ1v) is 8.35. The number of fused-ring (bicyclic) bond motifs is 1. The van der Waals surface area contributed by atoms with Crippen LogP contribution in [0.2, 0.25) is 0 Å². The van der Waals surface area contributed by atoms with Crippen molar-refractivity contribution in [1.82, 2.24) is 10.3 Å². The number of nitrogens with zero attached hydrogens (tertiary/aromatic N) is 2. The van der Waals surface area contributed by atoms with Gasteiger partial charge in [-0.2, -0.15) is 4.39 Å². The molecule has 24 heavy (non-hydrogen) atoms. The fourth-order valence-electron chi connectivity index (χ4n) is 3.33. The number of nitrogens with one attached hydrogen (secondary N) is 1. The van der Waals surface area contributed by atoms with E-state index < -0.39 is 5.95 Å². The quantitative estimate of drug-likeness (QED) is 0.742. The molecule has 1 saturated heterocycles. The topological polar surface area (TPSA) is 28.2 Å². The molecule has 0 radical (unpaired) electrons. The number of rotatable bonds is 4. The van der Waals surface area contributed by atoms with E-state index in [1.807, 2.05) is 0 Å². The summed E-state index contributed by atoms with van der Waals surface area (Å²) in [6.07, 6.45) is 2.70. The molecule has 2 heterocycles. The Morgan fingerprint density at radius 3 is 2.79 bits per heavy atom. The monoisotopic (exact) mass is 321 g/mol. The van der Waals surface area contributed by atoms with Crippen LogP contribution in [-0.4, -0.2) is 24.1 Å². The van der Waals surface area contributed by atoms with E-state index in [4.69, 9.17) is 0 Å². The van der Waals surface area contributed by atoms with Crippen molar-refractivity contribution in [3.05, 3.63) is 72.3 Å². The predicted octanol–water partition coefficient (Wildman–Crippen LogP) is 3.74. The normalized spacial score (nSPS) is 17.5. The van der Waals surface area contributed by atoms with Crippen molar-refractivity contribution in [2.45, 2.75) is 19.0 Å². The average molecular weight is 321 g/mol. The molecule has 1 fully saturated rings. The lowest BCUT2D eigenvalue weighted by Crippen LogP contribution is -2.32. The number of pyridine rings is 1. The molecule has 3 aromatic rings. The molecule has 1 aromatic heterocycles. The third-order valence-corrected chi connectivity index (χ3v) is 4.67. The second-order valence-corrected chi connectivity index (χ2v) is 6.33. The summed E-state index contributed by atoms with van der Waals surface area (Å²) in [5, 5.41) is 6.19. The number of halogens is 1. The standard InChI is InChI=1S/C20H20FN3/c21-20-8-7-19(13-23-20)24-10-9-18(14-24)22-12-15-5-6-16-3-1-2-4-17(16)11-15/h1-8,11,13,18,22H,9-10,12,14H2/t18-/m0/s1. The number of aromatic nitrogens is 1. The van der Waals surface area contributed by atoms with Gasteiger partial charge in [0.15, 0.2) is 0 Å². The van der Waals surface area contributed by atoms with Gasteiger partial charge in [0.05, 0.1) is 11.9 Å². The largest absolute Gasteiger partial charge is 0.369 e. The summed E-state index contributed by atoms with van der Waals surface area (Å²) in [7, 11) is 0. The first-order valence-electron chi connectivity index (χ1n) is 8.35. The zero-order valence-electron chi connectivity index (χ0n) is 13.5. The van der Waals surface area contributed by atoms with Crippen LogP contribution in [0.25, 0.3) is 10.8 Å². The Morgan fingerprint density at radius 1 is 1.08 bits per heavy atom. The molecule has 1 aliphatic heterocycles. The molecular weight excluding hydrogens is 301 g/mol. The maximum absolute atomic E-state index is 12.9. The van der Waals surface area contributed by atoms with Crippen molar-refractivity contribution in [1.29, 1.82) is 0 Å². The molecule has 0 spiro atoms. The first kappa shape index (κ1) is 15.1. The van der Waals surface area contributed by atoms with Crippen LogP contribution in [0.4, 0.5) is 10.1 Å². The van der Waals surface area contributed by atoms with E-state index >= 15 is 0 Å². The van der Waals surface area contributed by atoms with Gasteiger partial charge in [-0.3, -0.25) is 0 Å². The minimum absolute atomic E-state index is 0.427. The van der Waals surface area contributed by atoms with E-state index in [0.717, 1.165) is 31.7 Å². The minimum Gasteiger partial charge on any atom is -0.369 e. The van der Waals surface area contributed by atoms with Crippen LogP contribution in [0.15, 0.2) is 60.8 Å². The van der Waals surface area contributed by atoms with Crippen molar-refractivity contribution in [2.24, 2.45) is 0 Å². The predicted molar refractivity (Wildman–Crippen MR) is 95.6 cm³/mol. The lowest BCUT2D eigenvalue weighted by atomic mass is 10.1. The highest BCUT2D eigenvalue weighted by Gasteiger charge is 2.22. The molecule has 1 N–H and O–H groups in total. The van der Waals surface area contributed by atoms with Gasteiger partial charge in [0.25, 0.3) is 0 Å². The molecule has 1 atom stereocenters. The Bertz CT molecular complexity index is 832. The van der Waals surface area contributed by atoms with Crippen LogP contribution in [0, 0.1) is 5.95 Å². The number of benzene rings is 2. The second kappa shape index (κ2) is 6.57. The molecule has 2 aromatic carbocycles. The minimum atomic E-state index is -0.427. The van der Waals surface area contributed by atoms with E-state index in [9.17, 15) is 4.39 Å². The van der Waals surface area contributed by atoms with Gasteiger partial charge in [0.1, 0.15) is 0 Å². The number of hydrogen-bond acceptors (Lipinski definition) is 3. The smallest absolute Gasteiger partial charge is 0.212 e. The van der Waals surface area contributed by atoms with Crippen molar-refractivity contribution in [2.75, 3.05) is 18.0 Å². The van der Waals surface area contributed by atoms with Gasteiger partial charge in [-0.15, -0.1) is 0 Å². The van der Waals surface area contributed by atoms with Crippen LogP contribution < -0.4 is 10.2 Å². The van der Waals surface area contributed by atoms with E-state index in [-0.39, 0.29) is 0 Å². The SMILES string of the molecule is Fc1ccc(N2CC[C@H](NCc3ccc4ccccc4c3)C2)cn1. The summed E-state index contributed by atoms with van der Waals surface area (Å²) in [5.41, 5.74) is 2.29. The summed E-state index contributed by atoms with van der Waals surface area (Å²) in [5.74, 6) is -0.427. The Labute approximate surface area is 141 Å². The highest BCUT2D eigenvalue weighted by atomic mass is 19.1. The molecule has 0 bridgehead atoms. The zero-order chi connectivity index (χ0) is 16.4. The molecule has 0 aliphatic carbocycles. The van der Waals surface area contributed by atoms with Crippen LogP contribution in [0.5, 0.6) is 0 Å². The maximum Gasteiger partial charge on any atom is 0.212 e. The summed E-state index contributed by atoms with van der Waals surface area (Å²) in [6.45, 7) is 2.77. The molecule has 122 valence electrons. The lowest BCUT2D eigenvalue weighted by Gasteiger charge is -2.18. The van der Waals surface area contributed by atoms with E-state index in [0.29, 0.717) is 6.04 Å². The molecule has 0 unspecified atom stereocenters. The van der Waals surface area contributed by atoms with Gasteiger partial charge in [-0.1, -0.05) is 36.4 Å². The molecule has 1 aliphatic rings. The van der Waals surface area contributed by atoms with E-state index in [1.54, 1.807) is 12.3 Å². The molecule has 0 saturated carbocycles. The number of hydrogen-bond donors (Lipinski definition) is 1. The van der Waals surface area contributed by atoms with Crippen LogP contribution in [0.1, 0.15) is 12.0 Å². The fraction of sp³-hybridized carbons (Fsp3) is 0.250. The van der Waals surface area contributed by atoms with Crippen LogP contribution in [0.3, 0.4) is 0 Å². The Balaban J connectivity index is 1.37. The Kier molecular flexibility index (Phi) is 4.13. The molecule has 4 heteroatoms. The van der Waals surface area contributed by atoms with Gasteiger partial charge < -0.3 is 10.2 Å². The first-order chi connectivity index (χ1) is 11.8. The third-order valence-electron chi connectivity index (χ3n) is 4.67. The summed E-state index contributed by atoms with van der Waals surface area (Å²) in [6, 6.07) is 18.7. The highest BCUT2D eigenvalue weighted by Crippen LogP contribution is 2.20. The van der Waals surface area contributed by atoms with Gasteiger partial charge in [-0.25, -0.2) is 4.98 Å². The summed E-state index contributed by atoms with van der Waals surface area (Å²) < 4.78 is 12.9. The van der Waals surface area contributed by atoms with Gasteiger partial charge in [0.2, 0.25) is 5.95 Å². The van der Waals surface area contributed by atoms with Gasteiger partial charge in [0, 0.05) is 25.7 Å². The molecule has 0 amide bonds. The molecular formula is C20H20FN3. The molecule has 3 nitrogen and oxygen atoms in total. The van der Waals surface area contributed by atoms with E-state index in [2.05, 4.69) is 57.7 Å². The van der Waals surface area contributed by atoms with Crippen molar-refractivity contribution in [3.8, 4) is 0 Å². The van der Waals surface area contributed by atoms with Gasteiger partial charge in [-0.05, 0) is 41.0 Å². The van der Waals surface area contributed by atoms with Crippen LogP contribution >= 0.6 is 0 Å². The Morgan fingerprint density at radius 2 is 1.96 bits per heavy atom. The molecule has 4 rings (SSSR count).